The van der Waals surface area contributed by atoms with Gasteiger partial charge in [0, 0.05) is 37.9 Å². The zero-order valence-corrected chi connectivity index (χ0v) is 14.3. The Bertz CT molecular complexity index is 730. The highest BCUT2D eigenvalue weighted by molar-refractivity contribution is 5.92. The van der Waals surface area contributed by atoms with Crippen molar-refractivity contribution < 1.29 is 14.6 Å². The van der Waals surface area contributed by atoms with E-state index in [1.165, 1.54) is 0 Å². The van der Waals surface area contributed by atoms with Gasteiger partial charge in [-0.05, 0) is 25.0 Å². The molecule has 1 aromatic heterocycles. The van der Waals surface area contributed by atoms with Crippen LogP contribution >= 0.6 is 0 Å². The van der Waals surface area contributed by atoms with Gasteiger partial charge in [-0.1, -0.05) is 24.3 Å². The fourth-order valence-corrected chi connectivity index (χ4v) is 3.32. The predicted octanol–water partition coefficient (Wildman–Crippen LogP) is 2.80. The highest BCUT2D eigenvalue weighted by Gasteiger charge is 2.20. The van der Waals surface area contributed by atoms with Crippen molar-refractivity contribution in [2.24, 2.45) is 0 Å². The SMILES string of the molecule is Cc1ccccc1-c1c(C)c(C(=O)O)cn1CCN1CCOCC1. The van der Waals surface area contributed by atoms with Crippen LogP contribution < -0.4 is 0 Å². The number of carboxylic acid groups (broad SMARTS) is 1. The number of hydrogen-bond acceptors (Lipinski definition) is 3. The van der Waals surface area contributed by atoms with Gasteiger partial charge in [0.2, 0.25) is 0 Å². The van der Waals surface area contributed by atoms with Crippen LogP contribution in [0.2, 0.25) is 0 Å². The third-order valence-corrected chi connectivity index (χ3v) is 4.72. The predicted molar refractivity (Wildman–Crippen MR) is 93.6 cm³/mol. The molecule has 0 aliphatic carbocycles. The number of aromatic nitrogens is 1. The summed E-state index contributed by atoms with van der Waals surface area (Å²) in [7, 11) is 0. The molecule has 3 rings (SSSR count). The maximum atomic E-state index is 11.6. The van der Waals surface area contributed by atoms with Gasteiger partial charge in [-0.2, -0.15) is 0 Å². The zero-order chi connectivity index (χ0) is 17.1. The molecule has 0 atom stereocenters. The molecule has 2 heterocycles. The number of morpholine rings is 1. The van der Waals surface area contributed by atoms with Crippen molar-refractivity contribution in [3.63, 3.8) is 0 Å². The van der Waals surface area contributed by atoms with Crippen molar-refractivity contribution >= 4 is 5.97 Å². The fourth-order valence-electron chi connectivity index (χ4n) is 3.32. The normalized spacial score (nSPS) is 15.6. The first-order valence-electron chi connectivity index (χ1n) is 8.37. The van der Waals surface area contributed by atoms with E-state index >= 15 is 0 Å². The van der Waals surface area contributed by atoms with E-state index < -0.39 is 5.97 Å². The van der Waals surface area contributed by atoms with E-state index in [2.05, 4.69) is 28.5 Å². The molecule has 0 unspecified atom stereocenters. The van der Waals surface area contributed by atoms with Crippen LogP contribution in [0.3, 0.4) is 0 Å². The Morgan fingerprint density at radius 2 is 1.88 bits per heavy atom. The Balaban J connectivity index is 1.93. The molecule has 0 saturated carbocycles. The van der Waals surface area contributed by atoms with Crippen LogP contribution in [0.15, 0.2) is 30.5 Å². The van der Waals surface area contributed by atoms with Gasteiger partial charge in [-0.25, -0.2) is 4.79 Å². The van der Waals surface area contributed by atoms with Crippen molar-refractivity contribution in [3.8, 4) is 11.3 Å². The second-order valence-corrected chi connectivity index (χ2v) is 6.28. The number of ether oxygens (including phenoxy) is 1. The Kier molecular flexibility index (Phi) is 5.02. The van der Waals surface area contributed by atoms with Crippen molar-refractivity contribution in [3.05, 3.63) is 47.2 Å². The molecule has 2 aromatic rings. The summed E-state index contributed by atoms with van der Waals surface area (Å²) < 4.78 is 7.48. The number of aryl methyl sites for hydroxylation is 1. The summed E-state index contributed by atoms with van der Waals surface area (Å²) in [5.74, 6) is -0.868. The first-order valence-corrected chi connectivity index (χ1v) is 8.37. The van der Waals surface area contributed by atoms with E-state index in [0.29, 0.717) is 5.56 Å². The van der Waals surface area contributed by atoms with Gasteiger partial charge >= 0.3 is 5.97 Å². The van der Waals surface area contributed by atoms with Gasteiger partial charge in [0.15, 0.2) is 0 Å². The molecule has 1 aliphatic heterocycles. The van der Waals surface area contributed by atoms with Crippen LogP contribution in [0.4, 0.5) is 0 Å². The molecule has 5 nitrogen and oxygen atoms in total. The number of aromatic carboxylic acids is 1. The zero-order valence-electron chi connectivity index (χ0n) is 14.3. The largest absolute Gasteiger partial charge is 0.478 e. The molecule has 1 N–H and O–H groups in total. The minimum absolute atomic E-state index is 0.384. The number of rotatable bonds is 5. The summed E-state index contributed by atoms with van der Waals surface area (Å²) in [6.45, 7) is 9.06. The van der Waals surface area contributed by atoms with Crippen molar-refractivity contribution in [1.29, 1.82) is 0 Å². The summed E-state index contributed by atoms with van der Waals surface area (Å²) in [5.41, 5.74) is 4.49. The molecule has 0 bridgehead atoms. The highest BCUT2D eigenvalue weighted by atomic mass is 16.5. The Hall–Kier alpha value is -2.11. The third-order valence-electron chi connectivity index (χ3n) is 4.72. The second kappa shape index (κ2) is 7.20. The summed E-state index contributed by atoms with van der Waals surface area (Å²) in [5, 5.41) is 9.50. The number of carbonyl (C=O) groups is 1. The third kappa shape index (κ3) is 3.37. The monoisotopic (exact) mass is 328 g/mol. The first-order chi connectivity index (χ1) is 11.6. The van der Waals surface area contributed by atoms with E-state index in [1.807, 2.05) is 19.1 Å². The van der Waals surface area contributed by atoms with E-state index in [-0.39, 0.29) is 0 Å². The molecule has 0 spiro atoms. The van der Waals surface area contributed by atoms with Crippen LogP contribution in [0.1, 0.15) is 21.5 Å². The van der Waals surface area contributed by atoms with Gasteiger partial charge in [-0.3, -0.25) is 4.90 Å². The summed E-state index contributed by atoms with van der Waals surface area (Å²) >= 11 is 0. The molecule has 1 aliphatic rings. The van der Waals surface area contributed by atoms with Gasteiger partial charge < -0.3 is 14.4 Å². The fraction of sp³-hybridized carbons (Fsp3) is 0.421. The van der Waals surface area contributed by atoms with Crippen LogP contribution in [0.5, 0.6) is 0 Å². The van der Waals surface area contributed by atoms with Gasteiger partial charge in [0.1, 0.15) is 0 Å². The van der Waals surface area contributed by atoms with Gasteiger partial charge in [0.05, 0.1) is 24.5 Å². The van der Waals surface area contributed by atoms with Crippen LogP contribution in [0.25, 0.3) is 11.3 Å². The minimum atomic E-state index is -0.868. The Morgan fingerprint density at radius 3 is 2.54 bits per heavy atom. The molecule has 0 amide bonds. The second-order valence-electron chi connectivity index (χ2n) is 6.28. The van der Waals surface area contributed by atoms with E-state index in [4.69, 9.17) is 4.74 Å². The van der Waals surface area contributed by atoms with E-state index in [1.54, 1.807) is 6.20 Å². The first kappa shape index (κ1) is 16.7. The van der Waals surface area contributed by atoms with Gasteiger partial charge in [0.25, 0.3) is 0 Å². The summed E-state index contributed by atoms with van der Waals surface area (Å²) in [6.07, 6.45) is 1.78. The summed E-state index contributed by atoms with van der Waals surface area (Å²) in [6, 6.07) is 8.14. The van der Waals surface area contributed by atoms with Crippen molar-refractivity contribution in [2.45, 2.75) is 20.4 Å². The topological polar surface area (TPSA) is 54.7 Å². The van der Waals surface area contributed by atoms with Crippen LogP contribution in [0, 0.1) is 13.8 Å². The Morgan fingerprint density at radius 1 is 1.17 bits per heavy atom. The molecular weight excluding hydrogens is 304 g/mol. The highest BCUT2D eigenvalue weighted by Crippen LogP contribution is 2.30. The van der Waals surface area contributed by atoms with Crippen molar-refractivity contribution in [2.75, 3.05) is 32.8 Å². The maximum Gasteiger partial charge on any atom is 0.337 e. The number of hydrogen-bond donors (Lipinski definition) is 1. The molecule has 1 aromatic carbocycles. The minimum Gasteiger partial charge on any atom is -0.478 e. The van der Waals surface area contributed by atoms with E-state index in [9.17, 15) is 9.90 Å². The molecule has 0 radical (unpaired) electrons. The van der Waals surface area contributed by atoms with Crippen molar-refractivity contribution in [1.82, 2.24) is 9.47 Å². The lowest BCUT2D eigenvalue weighted by Gasteiger charge is -2.27. The van der Waals surface area contributed by atoms with Gasteiger partial charge in [-0.15, -0.1) is 0 Å². The molecule has 1 saturated heterocycles. The lowest BCUT2D eigenvalue weighted by molar-refractivity contribution is 0.0364. The Labute approximate surface area is 142 Å². The average Bonchev–Trinajstić information content (AvgIpc) is 2.91. The molecule has 1 fully saturated rings. The molecule has 128 valence electrons. The molecule has 5 heteroatoms. The van der Waals surface area contributed by atoms with Crippen LogP contribution in [-0.2, 0) is 11.3 Å². The number of carboxylic acids is 1. The quantitative estimate of drug-likeness (QED) is 0.917. The lowest BCUT2D eigenvalue weighted by Crippen LogP contribution is -2.38. The maximum absolute atomic E-state index is 11.6. The lowest BCUT2D eigenvalue weighted by atomic mass is 10.0. The molecule has 24 heavy (non-hydrogen) atoms. The standard InChI is InChI=1S/C19H24N2O3/c1-14-5-3-4-6-16(14)18-15(2)17(19(22)23)13-21(18)8-7-20-9-11-24-12-10-20/h3-6,13H,7-12H2,1-2H3,(H,22,23). The number of nitrogens with zero attached hydrogens (tertiary/aromatic N) is 2. The average molecular weight is 328 g/mol. The summed E-state index contributed by atoms with van der Waals surface area (Å²) in [4.78, 5) is 13.9. The molecular formula is C19H24N2O3. The number of benzene rings is 1. The smallest absolute Gasteiger partial charge is 0.337 e. The van der Waals surface area contributed by atoms with E-state index in [0.717, 1.165) is 61.8 Å². The van der Waals surface area contributed by atoms with Crippen LogP contribution in [-0.4, -0.2) is 53.4 Å².